The van der Waals surface area contributed by atoms with Gasteiger partial charge in [-0.25, -0.2) is 4.98 Å². The molecule has 0 radical (unpaired) electrons. The monoisotopic (exact) mass is 293 g/mol. The zero-order chi connectivity index (χ0) is 14.2. The van der Waals surface area contributed by atoms with Gasteiger partial charge in [0, 0.05) is 6.42 Å². The summed E-state index contributed by atoms with van der Waals surface area (Å²) in [4.78, 5) is 6.91. The number of aryl methyl sites for hydroxylation is 1. The SMILES string of the molecule is CCc1ncc(S(=O)(=O)N2CCOc3ccccc32)[nH]1. The van der Waals surface area contributed by atoms with Crippen molar-refractivity contribution in [1.82, 2.24) is 9.97 Å². The number of aromatic nitrogens is 2. The Labute approximate surface area is 117 Å². The molecule has 0 aliphatic carbocycles. The first-order valence-electron chi connectivity index (χ1n) is 6.41. The van der Waals surface area contributed by atoms with Gasteiger partial charge in [-0.3, -0.25) is 4.31 Å². The van der Waals surface area contributed by atoms with E-state index in [1.165, 1.54) is 10.5 Å². The zero-order valence-electron chi connectivity index (χ0n) is 11.0. The van der Waals surface area contributed by atoms with E-state index < -0.39 is 10.0 Å². The van der Waals surface area contributed by atoms with Gasteiger partial charge in [0.05, 0.1) is 18.4 Å². The van der Waals surface area contributed by atoms with Gasteiger partial charge in [-0.05, 0) is 12.1 Å². The third kappa shape index (κ3) is 2.03. The fourth-order valence-electron chi connectivity index (χ4n) is 2.17. The van der Waals surface area contributed by atoms with Crippen LogP contribution < -0.4 is 9.04 Å². The number of ether oxygens (including phenoxy) is 1. The third-order valence-electron chi connectivity index (χ3n) is 3.19. The van der Waals surface area contributed by atoms with Gasteiger partial charge < -0.3 is 9.72 Å². The van der Waals surface area contributed by atoms with E-state index in [1.54, 1.807) is 18.2 Å². The Hall–Kier alpha value is -2.02. The Bertz CT molecular complexity index is 724. The highest BCUT2D eigenvalue weighted by Crippen LogP contribution is 2.34. The first kappa shape index (κ1) is 13.0. The molecule has 2 aromatic rings. The lowest BCUT2D eigenvalue weighted by atomic mass is 10.2. The van der Waals surface area contributed by atoms with E-state index >= 15 is 0 Å². The van der Waals surface area contributed by atoms with Crippen LogP contribution in [0.25, 0.3) is 0 Å². The van der Waals surface area contributed by atoms with E-state index in [4.69, 9.17) is 4.74 Å². The number of fused-ring (bicyclic) bond motifs is 1. The summed E-state index contributed by atoms with van der Waals surface area (Å²) in [7, 11) is -3.63. The van der Waals surface area contributed by atoms with E-state index in [0.717, 1.165) is 0 Å². The summed E-state index contributed by atoms with van der Waals surface area (Å²) in [6, 6.07) is 7.12. The fourth-order valence-corrected chi connectivity index (χ4v) is 3.56. The van der Waals surface area contributed by atoms with Crippen LogP contribution in [-0.2, 0) is 16.4 Å². The Balaban J connectivity index is 2.04. The highest BCUT2D eigenvalue weighted by atomic mass is 32.2. The lowest BCUT2D eigenvalue weighted by Crippen LogP contribution is -2.38. The number of para-hydroxylation sites is 2. The van der Waals surface area contributed by atoms with E-state index in [1.807, 2.05) is 13.0 Å². The Morgan fingerprint density at radius 1 is 1.40 bits per heavy atom. The third-order valence-corrected chi connectivity index (χ3v) is 4.92. The van der Waals surface area contributed by atoms with Gasteiger partial charge in [-0.15, -0.1) is 0 Å². The van der Waals surface area contributed by atoms with Crippen LogP contribution in [-0.4, -0.2) is 31.5 Å². The lowest BCUT2D eigenvalue weighted by Gasteiger charge is -2.29. The quantitative estimate of drug-likeness (QED) is 0.932. The number of H-pyrrole nitrogens is 1. The van der Waals surface area contributed by atoms with Crippen LogP contribution in [0.15, 0.2) is 35.5 Å². The Morgan fingerprint density at radius 2 is 2.20 bits per heavy atom. The van der Waals surface area contributed by atoms with Crippen molar-refractivity contribution in [3.8, 4) is 5.75 Å². The summed E-state index contributed by atoms with van der Waals surface area (Å²) in [6.45, 7) is 2.55. The van der Waals surface area contributed by atoms with E-state index in [0.29, 0.717) is 36.8 Å². The van der Waals surface area contributed by atoms with Gasteiger partial charge in [-0.2, -0.15) is 8.42 Å². The van der Waals surface area contributed by atoms with Crippen LogP contribution in [0.5, 0.6) is 5.75 Å². The van der Waals surface area contributed by atoms with Crippen LogP contribution >= 0.6 is 0 Å². The maximum Gasteiger partial charge on any atom is 0.281 e. The second-order valence-electron chi connectivity index (χ2n) is 4.44. The molecule has 2 heterocycles. The van der Waals surface area contributed by atoms with E-state index in [2.05, 4.69) is 9.97 Å². The molecule has 0 spiro atoms. The van der Waals surface area contributed by atoms with Crippen molar-refractivity contribution < 1.29 is 13.2 Å². The topological polar surface area (TPSA) is 75.3 Å². The standard InChI is InChI=1S/C13H15N3O3S/c1-2-12-14-9-13(15-12)20(17,18)16-7-8-19-11-6-4-3-5-10(11)16/h3-6,9H,2,7-8H2,1H3,(H,14,15). The molecule has 7 heteroatoms. The van der Waals surface area contributed by atoms with E-state index in [-0.39, 0.29) is 5.03 Å². The van der Waals surface area contributed by atoms with Crippen LogP contribution in [0.4, 0.5) is 5.69 Å². The zero-order valence-corrected chi connectivity index (χ0v) is 11.9. The van der Waals surface area contributed by atoms with Gasteiger partial charge in [0.2, 0.25) is 0 Å². The molecule has 1 aromatic heterocycles. The Morgan fingerprint density at radius 3 is 2.95 bits per heavy atom. The molecule has 20 heavy (non-hydrogen) atoms. The predicted octanol–water partition coefficient (Wildman–Crippen LogP) is 1.56. The number of imidazole rings is 1. The number of hydrogen-bond donors (Lipinski definition) is 1. The van der Waals surface area contributed by atoms with Gasteiger partial charge in [0.15, 0.2) is 5.03 Å². The summed E-state index contributed by atoms with van der Waals surface area (Å²) in [5, 5.41) is 0.117. The highest BCUT2D eigenvalue weighted by molar-refractivity contribution is 7.92. The largest absolute Gasteiger partial charge is 0.489 e. The molecule has 0 unspecified atom stereocenters. The predicted molar refractivity (Wildman–Crippen MR) is 74.4 cm³/mol. The van der Waals surface area contributed by atoms with Gasteiger partial charge in [0.25, 0.3) is 10.0 Å². The number of nitrogens with one attached hydrogen (secondary N) is 1. The van der Waals surface area contributed by atoms with Crippen molar-refractivity contribution in [1.29, 1.82) is 0 Å². The van der Waals surface area contributed by atoms with Crippen LogP contribution in [0.1, 0.15) is 12.7 Å². The molecule has 1 aromatic carbocycles. The van der Waals surface area contributed by atoms with Gasteiger partial charge in [0.1, 0.15) is 18.2 Å². The molecular formula is C13H15N3O3S. The van der Waals surface area contributed by atoms with E-state index in [9.17, 15) is 8.42 Å². The first-order valence-corrected chi connectivity index (χ1v) is 7.85. The molecular weight excluding hydrogens is 278 g/mol. The molecule has 0 fully saturated rings. The molecule has 3 rings (SSSR count). The fraction of sp³-hybridized carbons (Fsp3) is 0.308. The summed E-state index contributed by atoms with van der Waals surface area (Å²) >= 11 is 0. The smallest absolute Gasteiger partial charge is 0.281 e. The molecule has 1 aliphatic heterocycles. The molecule has 1 aliphatic rings. The van der Waals surface area contributed by atoms with Crippen molar-refractivity contribution >= 4 is 15.7 Å². The van der Waals surface area contributed by atoms with Gasteiger partial charge in [-0.1, -0.05) is 19.1 Å². The summed E-state index contributed by atoms with van der Waals surface area (Å²) in [5.74, 6) is 1.24. The number of hydrogen-bond acceptors (Lipinski definition) is 4. The van der Waals surface area contributed by atoms with Crippen molar-refractivity contribution in [2.45, 2.75) is 18.4 Å². The molecule has 0 bridgehead atoms. The average Bonchev–Trinajstić information content (AvgIpc) is 2.96. The average molecular weight is 293 g/mol. The highest BCUT2D eigenvalue weighted by Gasteiger charge is 2.31. The van der Waals surface area contributed by atoms with Crippen molar-refractivity contribution in [2.75, 3.05) is 17.5 Å². The van der Waals surface area contributed by atoms with Crippen LogP contribution in [0, 0.1) is 0 Å². The maximum absolute atomic E-state index is 12.7. The molecule has 1 N–H and O–H groups in total. The Kier molecular flexibility index (Phi) is 3.13. The number of nitrogens with zero attached hydrogens (tertiary/aromatic N) is 2. The van der Waals surface area contributed by atoms with Crippen molar-refractivity contribution in [2.24, 2.45) is 0 Å². The normalized spacial score (nSPS) is 14.8. The first-order chi connectivity index (χ1) is 9.63. The molecule has 0 saturated heterocycles. The van der Waals surface area contributed by atoms with Crippen LogP contribution in [0.3, 0.4) is 0 Å². The number of rotatable bonds is 3. The lowest BCUT2D eigenvalue weighted by molar-refractivity contribution is 0.316. The second kappa shape index (κ2) is 4.82. The minimum absolute atomic E-state index is 0.117. The second-order valence-corrected chi connectivity index (χ2v) is 6.27. The minimum atomic E-state index is -3.63. The number of anilines is 1. The number of sulfonamides is 1. The summed E-state index contributed by atoms with van der Waals surface area (Å²) in [5.41, 5.74) is 0.561. The minimum Gasteiger partial charge on any atom is -0.489 e. The van der Waals surface area contributed by atoms with Gasteiger partial charge >= 0.3 is 0 Å². The molecule has 0 amide bonds. The summed E-state index contributed by atoms with van der Waals surface area (Å²) in [6.07, 6.45) is 2.03. The van der Waals surface area contributed by atoms with Crippen molar-refractivity contribution in [3.63, 3.8) is 0 Å². The summed E-state index contributed by atoms with van der Waals surface area (Å²) < 4.78 is 32.2. The number of aromatic amines is 1. The molecule has 106 valence electrons. The van der Waals surface area contributed by atoms with Crippen LogP contribution in [0.2, 0.25) is 0 Å². The molecule has 0 atom stereocenters. The maximum atomic E-state index is 12.7. The molecule has 0 saturated carbocycles. The number of benzene rings is 1. The molecule has 6 nitrogen and oxygen atoms in total. The van der Waals surface area contributed by atoms with Crippen molar-refractivity contribution in [3.05, 3.63) is 36.3 Å².